The maximum Gasteiger partial charge on any atom is 0.397 e. The monoisotopic (exact) mass is 935 g/mol. The summed E-state index contributed by atoms with van der Waals surface area (Å²) in [6.45, 7) is 4.02. The average molecular weight is 935 g/mol. The van der Waals surface area contributed by atoms with Crippen LogP contribution in [0.15, 0.2) is 12.2 Å². The molecule has 6 atom stereocenters. The number of hydrogen-bond donors (Lipinski definition) is 4. The van der Waals surface area contributed by atoms with Crippen molar-refractivity contribution in [2.45, 2.75) is 282 Å². The lowest BCUT2D eigenvalue weighted by Gasteiger charge is -2.41. The Bertz CT molecular complexity index is 1170. The molecule has 12 nitrogen and oxygen atoms in total. The fraction of sp³-hybridized carbons (Fsp3) is 0.941. The van der Waals surface area contributed by atoms with Gasteiger partial charge >= 0.3 is 16.4 Å². The first kappa shape index (κ1) is 60.9. The van der Waals surface area contributed by atoms with Crippen molar-refractivity contribution in [1.82, 2.24) is 0 Å². The molecule has 1 rings (SSSR count). The van der Waals surface area contributed by atoms with Crippen molar-refractivity contribution >= 4 is 16.4 Å². The maximum absolute atomic E-state index is 12.9. The summed E-state index contributed by atoms with van der Waals surface area (Å²) in [6, 6.07) is 0. The van der Waals surface area contributed by atoms with Gasteiger partial charge in [0.1, 0.15) is 30.5 Å². The van der Waals surface area contributed by atoms with Gasteiger partial charge in [-0.1, -0.05) is 212 Å². The van der Waals surface area contributed by atoms with Crippen LogP contribution in [0.4, 0.5) is 0 Å². The molecule has 380 valence electrons. The molecular weight excluding hydrogens is 837 g/mol. The topological polar surface area (TPSA) is 178 Å². The number of rotatable bonds is 47. The summed E-state index contributed by atoms with van der Waals surface area (Å²) < 4.78 is 59.3. The molecule has 0 amide bonds. The van der Waals surface area contributed by atoms with Gasteiger partial charge in [0.05, 0.1) is 19.8 Å². The predicted molar refractivity (Wildman–Crippen MR) is 258 cm³/mol. The third kappa shape index (κ3) is 36.0. The van der Waals surface area contributed by atoms with Crippen molar-refractivity contribution < 1.29 is 56.2 Å². The van der Waals surface area contributed by atoms with E-state index in [9.17, 15) is 33.1 Å². The molecule has 1 saturated heterocycles. The molecular formula is C51H98O12S. The quantitative estimate of drug-likeness (QED) is 0.0197. The number of ether oxygens (including phenoxy) is 4. The average Bonchev–Trinajstić information content (AvgIpc) is 3.27. The molecule has 0 saturated carbocycles. The highest BCUT2D eigenvalue weighted by atomic mass is 32.3. The molecule has 0 spiro atoms. The summed E-state index contributed by atoms with van der Waals surface area (Å²) in [5.41, 5.74) is 0. The number of hydrogen-bond acceptors (Lipinski definition) is 11. The number of carbonyl (C=O) groups excluding carboxylic acids is 1. The van der Waals surface area contributed by atoms with Gasteiger partial charge in [0, 0.05) is 13.0 Å². The molecule has 1 aliphatic rings. The highest BCUT2D eigenvalue weighted by molar-refractivity contribution is 7.80. The number of aliphatic hydroxyl groups is 3. The van der Waals surface area contributed by atoms with E-state index in [4.69, 9.17) is 18.9 Å². The Morgan fingerprint density at radius 2 is 0.984 bits per heavy atom. The highest BCUT2D eigenvalue weighted by Gasteiger charge is 2.48. The van der Waals surface area contributed by atoms with Crippen LogP contribution in [0.3, 0.4) is 0 Å². The molecule has 0 aromatic heterocycles. The van der Waals surface area contributed by atoms with E-state index < -0.39 is 59.8 Å². The highest BCUT2D eigenvalue weighted by Crippen LogP contribution is 2.26. The maximum atomic E-state index is 12.9. The Morgan fingerprint density at radius 3 is 1.41 bits per heavy atom. The fourth-order valence-corrected chi connectivity index (χ4v) is 8.88. The minimum atomic E-state index is -5.06. The first-order valence-electron chi connectivity index (χ1n) is 26.4. The van der Waals surface area contributed by atoms with Crippen LogP contribution < -0.4 is 0 Å². The van der Waals surface area contributed by atoms with Crippen molar-refractivity contribution in [2.24, 2.45) is 0 Å². The number of carbonyl (C=O) groups is 1. The molecule has 4 N–H and O–H groups in total. The molecule has 6 unspecified atom stereocenters. The van der Waals surface area contributed by atoms with Crippen molar-refractivity contribution in [3.63, 3.8) is 0 Å². The summed E-state index contributed by atoms with van der Waals surface area (Å²) in [7, 11) is -5.06. The minimum absolute atomic E-state index is 0.0376. The molecule has 0 aliphatic carbocycles. The van der Waals surface area contributed by atoms with E-state index in [-0.39, 0.29) is 19.6 Å². The first-order chi connectivity index (χ1) is 31.1. The summed E-state index contributed by atoms with van der Waals surface area (Å²) in [5, 5.41) is 30.8. The number of unbranched alkanes of at least 4 members (excludes halogenated alkanes) is 32. The summed E-state index contributed by atoms with van der Waals surface area (Å²) in [6.07, 6.45) is 39.6. The number of aliphatic hydroxyl groups excluding tert-OH is 3. The largest absolute Gasteiger partial charge is 0.457 e. The Labute approximate surface area is 391 Å². The zero-order chi connectivity index (χ0) is 46.8. The lowest BCUT2D eigenvalue weighted by molar-refractivity contribution is -0.301. The molecule has 13 heteroatoms. The van der Waals surface area contributed by atoms with Crippen molar-refractivity contribution in [2.75, 3.05) is 26.4 Å². The summed E-state index contributed by atoms with van der Waals surface area (Å²) >= 11 is 0. The standard InChI is InChI=1S/C51H98O12S/c1-3-5-7-9-11-13-15-17-19-21-22-23-24-25-26-28-30-32-34-36-38-40-47(53)61-45(44-60-51-49(55)50(63-64(56,57)58)48(54)46(42-52)62-51)43-59-41-39-37-35-33-31-29-27-20-18-16-14-12-10-8-6-4-2/h18,20,45-46,48-52,54-55H,3-17,19,21-44H2,1-2H3,(H,56,57,58)/b20-18-. The molecule has 64 heavy (non-hydrogen) atoms. The lowest BCUT2D eigenvalue weighted by Crippen LogP contribution is -2.60. The van der Waals surface area contributed by atoms with Gasteiger partial charge in [-0.25, -0.2) is 4.18 Å². The molecule has 1 aliphatic heterocycles. The van der Waals surface area contributed by atoms with Gasteiger partial charge in [-0.2, -0.15) is 8.42 Å². The molecule has 0 aromatic rings. The van der Waals surface area contributed by atoms with E-state index >= 15 is 0 Å². The normalized spacial score (nSPS) is 19.8. The van der Waals surface area contributed by atoms with E-state index in [1.165, 1.54) is 173 Å². The predicted octanol–water partition coefficient (Wildman–Crippen LogP) is 12.2. The Kier molecular flexibility index (Phi) is 41.0. The van der Waals surface area contributed by atoms with Crippen molar-refractivity contribution in [3.05, 3.63) is 12.2 Å². The van der Waals surface area contributed by atoms with Crippen LogP contribution in [0, 0.1) is 0 Å². The van der Waals surface area contributed by atoms with Gasteiger partial charge in [0.25, 0.3) is 0 Å². The van der Waals surface area contributed by atoms with Gasteiger partial charge < -0.3 is 34.3 Å². The van der Waals surface area contributed by atoms with Crippen LogP contribution in [-0.4, -0.2) is 97.5 Å². The molecule has 0 aromatic carbocycles. The third-order valence-corrected chi connectivity index (χ3v) is 12.9. The third-order valence-electron chi connectivity index (χ3n) is 12.4. The Balaban J connectivity index is 2.33. The summed E-state index contributed by atoms with van der Waals surface area (Å²) in [5.74, 6) is -0.395. The second kappa shape index (κ2) is 43.1. The zero-order valence-corrected chi connectivity index (χ0v) is 41.7. The van der Waals surface area contributed by atoms with Crippen molar-refractivity contribution in [1.29, 1.82) is 0 Å². The van der Waals surface area contributed by atoms with Gasteiger partial charge in [0.15, 0.2) is 6.29 Å². The van der Waals surface area contributed by atoms with Gasteiger partial charge in [-0.15, -0.1) is 0 Å². The smallest absolute Gasteiger partial charge is 0.397 e. The molecule has 0 bridgehead atoms. The second-order valence-corrected chi connectivity index (χ2v) is 19.5. The van der Waals surface area contributed by atoms with Gasteiger partial charge in [0.2, 0.25) is 0 Å². The second-order valence-electron chi connectivity index (χ2n) is 18.5. The van der Waals surface area contributed by atoms with E-state index in [0.717, 1.165) is 44.9 Å². The zero-order valence-electron chi connectivity index (χ0n) is 40.9. The number of allylic oxidation sites excluding steroid dienone is 2. The van der Waals surface area contributed by atoms with E-state index in [2.05, 4.69) is 30.2 Å². The van der Waals surface area contributed by atoms with Crippen LogP contribution in [0.2, 0.25) is 0 Å². The first-order valence-corrected chi connectivity index (χ1v) is 27.8. The Morgan fingerprint density at radius 1 is 0.578 bits per heavy atom. The van der Waals surface area contributed by atoms with Crippen LogP contribution in [-0.2, 0) is 38.3 Å². The van der Waals surface area contributed by atoms with Crippen LogP contribution in [0.5, 0.6) is 0 Å². The minimum Gasteiger partial charge on any atom is -0.457 e. The molecule has 1 fully saturated rings. The lowest BCUT2D eigenvalue weighted by atomic mass is 9.99. The SMILES string of the molecule is CCCCCCCC/C=C\CCCCCCCCOCC(COC1OC(CO)C(O)C(OS(=O)(=O)O)C1O)OC(=O)CCCCCCCCCCCCCCCCCCCCCCC. The van der Waals surface area contributed by atoms with Crippen molar-refractivity contribution in [3.8, 4) is 0 Å². The van der Waals surface area contributed by atoms with Crippen LogP contribution in [0.1, 0.15) is 245 Å². The molecule has 0 radical (unpaired) electrons. The number of esters is 1. The molecule has 1 heterocycles. The summed E-state index contributed by atoms with van der Waals surface area (Å²) in [4.78, 5) is 12.9. The van der Waals surface area contributed by atoms with Gasteiger partial charge in [-0.05, 0) is 38.5 Å². The van der Waals surface area contributed by atoms with Crippen LogP contribution >= 0.6 is 0 Å². The van der Waals surface area contributed by atoms with Gasteiger partial charge in [-0.3, -0.25) is 9.35 Å². The van der Waals surface area contributed by atoms with E-state index in [0.29, 0.717) is 13.0 Å². The van der Waals surface area contributed by atoms with E-state index in [1.807, 2.05) is 0 Å². The van der Waals surface area contributed by atoms with Crippen LogP contribution in [0.25, 0.3) is 0 Å². The Hall–Kier alpha value is -1.16. The fourth-order valence-electron chi connectivity index (χ4n) is 8.38. The van der Waals surface area contributed by atoms with E-state index in [1.54, 1.807) is 0 Å².